The molecule has 4 aromatic heterocycles. The van der Waals surface area contributed by atoms with Gasteiger partial charge in [-0.3, -0.25) is 14.3 Å². The number of ketones is 1. The van der Waals surface area contributed by atoms with Gasteiger partial charge in [0.25, 0.3) is 0 Å². The zero-order valence-corrected chi connectivity index (χ0v) is 23.4. The van der Waals surface area contributed by atoms with Crippen molar-refractivity contribution in [1.29, 1.82) is 0 Å². The van der Waals surface area contributed by atoms with E-state index < -0.39 is 0 Å². The summed E-state index contributed by atoms with van der Waals surface area (Å²) >= 11 is 0. The summed E-state index contributed by atoms with van der Waals surface area (Å²) in [6.45, 7) is 5.35. The number of carbonyl (C=O) groups excluding carboxylic acids is 1. The van der Waals surface area contributed by atoms with Gasteiger partial charge in [0.1, 0.15) is 23.7 Å². The summed E-state index contributed by atoms with van der Waals surface area (Å²) in [4.78, 5) is 46.9. The molecule has 0 atom stereocenters. The van der Waals surface area contributed by atoms with Crippen LogP contribution in [0.25, 0.3) is 22.1 Å². The average Bonchev–Trinajstić information content (AvgIpc) is 3.74. The lowest BCUT2D eigenvalue weighted by Crippen LogP contribution is -2.37. The molecule has 7 rings (SSSR count). The number of imidazole rings is 1. The van der Waals surface area contributed by atoms with Crippen LogP contribution in [0.15, 0.2) is 59.9 Å². The molecule has 42 heavy (non-hydrogen) atoms. The van der Waals surface area contributed by atoms with Crippen molar-refractivity contribution in [2.45, 2.75) is 44.7 Å². The third-order valence-electron chi connectivity index (χ3n) is 8.69. The smallest absolute Gasteiger partial charge is 0.327 e. The van der Waals surface area contributed by atoms with Gasteiger partial charge in [0.2, 0.25) is 5.78 Å². The lowest BCUT2D eigenvalue weighted by Gasteiger charge is -2.33. The second-order valence-corrected chi connectivity index (χ2v) is 11.3. The monoisotopic (exact) mass is 568 g/mol. The normalized spacial score (nSPS) is 16.6. The number of hydrogen-bond acceptors (Lipinski definition) is 7. The minimum Gasteiger partial charge on any atom is -0.356 e. The molecule has 2 fully saturated rings. The largest absolute Gasteiger partial charge is 0.356 e. The van der Waals surface area contributed by atoms with Crippen molar-refractivity contribution < 1.29 is 9.18 Å². The van der Waals surface area contributed by atoms with Crippen molar-refractivity contribution in [1.82, 2.24) is 34.0 Å². The number of rotatable bonds is 8. The Hall–Kier alpha value is -4.38. The van der Waals surface area contributed by atoms with Gasteiger partial charge in [-0.25, -0.2) is 24.1 Å². The van der Waals surface area contributed by atoms with E-state index in [0.717, 1.165) is 55.3 Å². The van der Waals surface area contributed by atoms with Gasteiger partial charge in [0, 0.05) is 55.1 Å². The van der Waals surface area contributed by atoms with E-state index in [0.29, 0.717) is 42.4 Å². The van der Waals surface area contributed by atoms with Gasteiger partial charge in [0.05, 0.1) is 11.0 Å². The van der Waals surface area contributed by atoms with E-state index in [9.17, 15) is 14.0 Å². The number of hydrogen-bond donors (Lipinski definition) is 1. The number of carbonyl (C=O) groups is 1. The molecule has 5 aromatic rings. The average molecular weight is 569 g/mol. The molecule has 0 aliphatic carbocycles. The van der Waals surface area contributed by atoms with Crippen LogP contribution < -0.4 is 10.6 Å². The number of anilines is 1. The van der Waals surface area contributed by atoms with Gasteiger partial charge in [-0.05, 0) is 82.1 Å². The number of halogens is 1. The molecule has 0 amide bonds. The predicted molar refractivity (Wildman–Crippen MR) is 158 cm³/mol. The van der Waals surface area contributed by atoms with E-state index in [1.54, 1.807) is 22.9 Å². The maximum Gasteiger partial charge on any atom is 0.327 e. The van der Waals surface area contributed by atoms with Gasteiger partial charge in [0.15, 0.2) is 5.65 Å². The number of nitrogens with one attached hydrogen (secondary N) is 1. The van der Waals surface area contributed by atoms with Crippen LogP contribution >= 0.6 is 0 Å². The van der Waals surface area contributed by atoms with E-state index in [1.807, 2.05) is 22.9 Å². The minimum atomic E-state index is -0.320. The van der Waals surface area contributed by atoms with Crippen LogP contribution in [-0.2, 0) is 6.54 Å². The third kappa shape index (κ3) is 4.98. The highest BCUT2D eigenvalue weighted by atomic mass is 19.1. The number of nitrogens with zero attached hydrogens (tertiary/aromatic N) is 7. The SMILES string of the molecule is O=C(c1cc(N2CCC(n3c(=O)[nH]c4ncccc43)CC2)ncn1)c1cn(CCCN2CCCC2)c2cc(F)ccc12. The van der Waals surface area contributed by atoms with Gasteiger partial charge in [-0.2, -0.15) is 0 Å². The number of H-pyrrole nitrogens is 1. The number of aryl methyl sites for hydroxylation is 1. The number of pyridine rings is 1. The minimum absolute atomic E-state index is 0.0478. The van der Waals surface area contributed by atoms with Crippen LogP contribution in [-0.4, -0.2) is 72.5 Å². The van der Waals surface area contributed by atoms with Crippen LogP contribution in [0.1, 0.15) is 54.2 Å². The van der Waals surface area contributed by atoms with E-state index in [-0.39, 0.29) is 23.3 Å². The molecule has 10 nitrogen and oxygen atoms in total. The maximum absolute atomic E-state index is 14.2. The molecule has 6 heterocycles. The number of benzene rings is 1. The molecule has 0 radical (unpaired) electrons. The number of aromatic nitrogens is 6. The van der Waals surface area contributed by atoms with Crippen LogP contribution in [0.2, 0.25) is 0 Å². The molecule has 1 N–H and O–H groups in total. The fraction of sp³-hybridized carbons (Fsp3) is 0.387. The van der Waals surface area contributed by atoms with Crippen molar-refractivity contribution in [3.8, 4) is 0 Å². The van der Waals surface area contributed by atoms with Crippen LogP contribution in [0.3, 0.4) is 0 Å². The summed E-state index contributed by atoms with van der Waals surface area (Å²) in [5, 5.41) is 0.724. The summed E-state index contributed by atoms with van der Waals surface area (Å²) in [6, 6.07) is 10.1. The van der Waals surface area contributed by atoms with Crippen LogP contribution in [0.5, 0.6) is 0 Å². The third-order valence-corrected chi connectivity index (χ3v) is 8.69. The first-order valence-electron chi connectivity index (χ1n) is 14.7. The molecule has 216 valence electrons. The van der Waals surface area contributed by atoms with E-state index in [2.05, 4.69) is 29.7 Å². The molecule has 0 spiro atoms. The van der Waals surface area contributed by atoms with Crippen molar-refractivity contribution in [2.24, 2.45) is 0 Å². The summed E-state index contributed by atoms with van der Waals surface area (Å²) < 4.78 is 18.0. The highest BCUT2D eigenvalue weighted by Crippen LogP contribution is 2.29. The Kier molecular flexibility index (Phi) is 7.02. The van der Waals surface area contributed by atoms with Crippen LogP contribution in [0.4, 0.5) is 10.2 Å². The van der Waals surface area contributed by atoms with Gasteiger partial charge < -0.3 is 14.4 Å². The summed E-state index contributed by atoms with van der Waals surface area (Å²) in [6.07, 6.45) is 9.88. The first-order chi connectivity index (χ1) is 20.5. The molecule has 2 aliphatic heterocycles. The Bertz CT molecular complexity index is 1810. The van der Waals surface area contributed by atoms with Crippen molar-refractivity contribution in [2.75, 3.05) is 37.6 Å². The Labute approximate surface area is 241 Å². The second-order valence-electron chi connectivity index (χ2n) is 11.3. The Morgan fingerprint density at radius 2 is 1.81 bits per heavy atom. The van der Waals surface area contributed by atoms with Crippen molar-refractivity contribution in [3.05, 3.63) is 82.7 Å². The molecule has 0 bridgehead atoms. The number of piperidine rings is 1. The lowest BCUT2D eigenvalue weighted by molar-refractivity contribution is 0.103. The summed E-state index contributed by atoms with van der Waals surface area (Å²) in [7, 11) is 0. The highest BCUT2D eigenvalue weighted by Gasteiger charge is 2.26. The molecule has 0 saturated carbocycles. The number of fused-ring (bicyclic) bond motifs is 2. The van der Waals surface area contributed by atoms with E-state index in [1.165, 1.54) is 31.3 Å². The zero-order chi connectivity index (χ0) is 28.6. The summed E-state index contributed by atoms with van der Waals surface area (Å²) in [5.74, 6) is 0.153. The fourth-order valence-corrected chi connectivity index (χ4v) is 6.56. The quantitative estimate of drug-likeness (QED) is 0.280. The topological polar surface area (TPSA) is 105 Å². The molecule has 2 saturated heterocycles. The Morgan fingerprint density at radius 3 is 2.64 bits per heavy atom. The lowest BCUT2D eigenvalue weighted by atomic mass is 10.0. The van der Waals surface area contributed by atoms with E-state index >= 15 is 0 Å². The maximum atomic E-state index is 14.2. The van der Waals surface area contributed by atoms with Gasteiger partial charge in [-0.15, -0.1) is 0 Å². The second kappa shape index (κ2) is 11.1. The highest BCUT2D eigenvalue weighted by molar-refractivity contribution is 6.15. The zero-order valence-electron chi connectivity index (χ0n) is 23.4. The molecule has 11 heteroatoms. The Morgan fingerprint density at radius 1 is 0.976 bits per heavy atom. The van der Waals surface area contributed by atoms with E-state index in [4.69, 9.17) is 0 Å². The van der Waals surface area contributed by atoms with Crippen molar-refractivity contribution >= 4 is 33.7 Å². The number of likely N-dealkylation sites (tertiary alicyclic amines) is 1. The Balaban J connectivity index is 1.09. The molecule has 1 aromatic carbocycles. The first kappa shape index (κ1) is 26.5. The molecule has 2 aliphatic rings. The van der Waals surface area contributed by atoms with Gasteiger partial charge >= 0.3 is 5.69 Å². The molecular formula is C31H33FN8O2. The van der Waals surface area contributed by atoms with Crippen LogP contribution in [0, 0.1) is 5.82 Å². The summed E-state index contributed by atoms with van der Waals surface area (Å²) in [5.41, 5.74) is 2.81. The fourth-order valence-electron chi connectivity index (χ4n) is 6.56. The predicted octanol–water partition coefficient (Wildman–Crippen LogP) is 4.17. The standard InChI is InChI=1S/C31H33FN8O2/c32-21-6-7-23-24(19-39(27(23)17-21)14-4-13-37-11-1-2-12-37)29(41)25-18-28(35-20-34-25)38-15-8-22(9-16-38)40-26-5-3-10-33-30(26)36-31(40)42/h3,5-7,10,17-20,22H,1-2,4,8-9,11-16H2,(H,33,36,42). The molecule has 0 unspecified atom stereocenters. The number of aromatic amines is 1. The first-order valence-corrected chi connectivity index (χ1v) is 14.7. The van der Waals surface area contributed by atoms with Crippen molar-refractivity contribution in [3.63, 3.8) is 0 Å². The van der Waals surface area contributed by atoms with Gasteiger partial charge in [-0.1, -0.05) is 0 Å². The molecular weight excluding hydrogens is 535 g/mol.